The van der Waals surface area contributed by atoms with Crippen molar-refractivity contribution in [3.8, 4) is 0 Å². The van der Waals surface area contributed by atoms with Gasteiger partial charge in [-0.05, 0) is 41.7 Å². The van der Waals surface area contributed by atoms with Crippen molar-refractivity contribution in [2.75, 3.05) is 19.7 Å². The number of carbonyl (C=O) groups excluding carboxylic acids is 3. The lowest BCUT2D eigenvalue weighted by molar-refractivity contribution is -0.128. The third kappa shape index (κ3) is 12.6. The number of ether oxygens (including phenoxy) is 1. The van der Waals surface area contributed by atoms with Crippen molar-refractivity contribution >= 4 is 23.7 Å². The Balaban J connectivity index is 1.69. The summed E-state index contributed by atoms with van der Waals surface area (Å²) in [4.78, 5) is 36.9. The molecule has 224 valence electrons. The largest absolute Gasteiger partial charge is 0.449 e. The van der Waals surface area contributed by atoms with Gasteiger partial charge in [-0.1, -0.05) is 95.6 Å². The number of nitrogens with one attached hydrogen (secondary N) is 5. The van der Waals surface area contributed by atoms with Gasteiger partial charge in [0.25, 0.3) is 0 Å². The van der Waals surface area contributed by atoms with E-state index in [2.05, 4.69) is 61.1 Å². The second-order valence-electron chi connectivity index (χ2n) is 11.6. The van der Waals surface area contributed by atoms with Crippen LogP contribution in [0.4, 0.5) is 4.79 Å². The quantitative estimate of drug-likeness (QED) is 0.158. The van der Waals surface area contributed by atoms with Crippen LogP contribution in [0, 0.1) is 16.7 Å². The van der Waals surface area contributed by atoms with Crippen LogP contribution in [0.25, 0.3) is 0 Å². The topological polar surface area (TPSA) is 132 Å². The highest BCUT2D eigenvalue weighted by atomic mass is 16.5. The standard InChI is InChI=1S/C32H47N5O4/c1-7-32(5,6)17-22(2)21-41-31(40)37-29(33)27-15-13-25(14-16-27)19-35-30(39)24(4)36-28(38)20-34-18-23(3)26-11-9-8-10-12-26/h8-16,22-24,34H,7,17-21H2,1-6H3,(H,35,39)(H,36,38)(H2,33,37,40)/t22?,23-,24-/m0/s1. The molecule has 2 aromatic carbocycles. The lowest BCUT2D eigenvalue weighted by Crippen LogP contribution is -2.47. The number of alkyl carbamates (subject to hydrolysis) is 1. The summed E-state index contributed by atoms with van der Waals surface area (Å²) >= 11 is 0. The van der Waals surface area contributed by atoms with Crippen LogP contribution >= 0.6 is 0 Å². The molecule has 0 radical (unpaired) electrons. The number of rotatable bonds is 15. The van der Waals surface area contributed by atoms with Crippen LogP contribution in [-0.2, 0) is 20.9 Å². The molecule has 0 aliphatic carbocycles. The van der Waals surface area contributed by atoms with Crippen LogP contribution in [0.15, 0.2) is 54.6 Å². The van der Waals surface area contributed by atoms with E-state index in [0.717, 1.165) is 18.4 Å². The average Bonchev–Trinajstić information content (AvgIpc) is 2.95. The van der Waals surface area contributed by atoms with Crippen molar-refractivity contribution in [2.45, 2.75) is 72.9 Å². The van der Waals surface area contributed by atoms with Gasteiger partial charge >= 0.3 is 6.09 Å². The summed E-state index contributed by atoms with van der Waals surface area (Å²) in [6.07, 6.45) is 1.35. The molecule has 0 spiro atoms. The van der Waals surface area contributed by atoms with Crippen molar-refractivity contribution in [2.24, 2.45) is 11.3 Å². The van der Waals surface area contributed by atoms with E-state index in [1.54, 1.807) is 31.2 Å². The van der Waals surface area contributed by atoms with E-state index >= 15 is 0 Å². The molecule has 0 bridgehead atoms. The normalized spacial score (nSPS) is 13.4. The lowest BCUT2D eigenvalue weighted by Gasteiger charge is -2.26. The number of carbonyl (C=O) groups is 3. The molecule has 5 N–H and O–H groups in total. The van der Waals surface area contributed by atoms with Crippen molar-refractivity contribution in [3.05, 3.63) is 71.3 Å². The minimum Gasteiger partial charge on any atom is -0.449 e. The average molecular weight is 566 g/mol. The lowest BCUT2D eigenvalue weighted by atomic mass is 9.81. The minimum absolute atomic E-state index is 0.0600. The molecule has 3 amide bonds. The number of amides is 3. The molecule has 0 saturated heterocycles. The van der Waals surface area contributed by atoms with Crippen molar-refractivity contribution in [3.63, 3.8) is 0 Å². The number of benzene rings is 2. The first-order chi connectivity index (χ1) is 19.4. The van der Waals surface area contributed by atoms with Gasteiger partial charge in [0.05, 0.1) is 13.2 Å². The fourth-order valence-corrected chi connectivity index (χ4v) is 4.37. The molecule has 0 heterocycles. The Morgan fingerprint density at radius 2 is 1.63 bits per heavy atom. The molecule has 41 heavy (non-hydrogen) atoms. The van der Waals surface area contributed by atoms with E-state index < -0.39 is 12.1 Å². The van der Waals surface area contributed by atoms with Gasteiger partial charge in [-0.2, -0.15) is 0 Å². The Hall–Kier alpha value is -3.72. The Labute approximate surface area is 244 Å². The smallest absolute Gasteiger partial charge is 0.412 e. The Kier molecular flexibility index (Phi) is 13.5. The summed E-state index contributed by atoms with van der Waals surface area (Å²) in [7, 11) is 0. The Bertz CT molecular complexity index is 1130. The summed E-state index contributed by atoms with van der Waals surface area (Å²) in [5.41, 5.74) is 2.73. The highest BCUT2D eigenvalue weighted by Crippen LogP contribution is 2.28. The first-order valence-corrected chi connectivity index (χ1v) is 14.3. The summed E-state index contributed by atoms with van der Waals surface area (Å²) in [5, 5.41) is 19.3. The monoisotopic (exact) mass is 565 g/mol. The van der Waals surface area contributed by atoms with Gasteiger partial charge in [-0.3, -0.25) is 20.3 Å². The SMILES string of the molecule is CCC(C)(C)CC(C)COC(=O)NC(=N)c1ccc(CNC(=O)[C@H](C)NC(=O)CNC[C@H](C)c2ccccc2)cc1. The molecular weight excluding hydrogens is 518 g/mol. The van der Waals surface area contributed by atoms with Crippen LogP contribution in [0.5, 0.6) is 0 Å². The van der Waals surface area contributed by atoms with Gasteiger partial charge < -0.3 is 20.7 Å². The van der Waals surface area contributed by atoms with E-state index in [0.29, 0.717) is 18.7 Å². The van der Waals surface area contributed by atoms with Crippen molar-refractivity contribution in [1.29, 1.82) is 5.41 Å². The molecular formula is C32H47N5O4. The maximum atomic E-state index is 12.5. The zero-order chi connectivity index (χ0) is 30.4. The summed E-state index contributed by atoms with van der Waals surface area (Å²) in [6.45, 7) is 13.7. The zero-order valence-electron chi connectivity index (χ0n) is 25.3. The van der Waals surface area contributed by atoms with Gasteiger partial charge in [0.2, 0.25) is 11.8 Å². The summed E-state index contributed by atoms with van der Waals surface area (Å²) < 4.78 is 5.30. The third-order valence-corrected chi connectivity index (χ3v) is 7.17. The van der Waals surface area contributed by atoms with Crippen molar-refractivity contribution < 1.29 is 19.1 Å². The second kappa shape index (κ2) is 16.5. The second-order valence-corrected chi connectivity index (χ2v) is 11.6. The van der Waals surface area contributed by atoms with E-state index in [4.69, 9.17) is 10.1 Å². The van der Waals surface area contributed by atoms with E-state index in [-0.39, 0.29) is 48.0 Å². The molecule has 2 rings (SSSR count). The van der Waals surface area contributed by atoms with Gasteiger partial charge in [-0.25, -0.2) is 4.79 Å². The van der Waals surface area contributed by atoms with Crippen LogP contribution < -0.4 is 21.3 Å². The maximum Gasteiger partial charge on any atom is 0.412 e. The first-order valence-electron chi connectivity index (χ1n) is 14.3. The minimum atomic E-state index is -0.686. The van der Waals surface area contributed by atoms with Gasteiger partial charge in [0.1, 0.15) is 11.9 Å². The molecule has 1 unspecified atom stereocenters. The predicted octanol–water partition coefficient (Wildman–Crippen LogP) is 4.71. The first kappa shape index (κ1) is 33.5. The predicted molar refractivity (Wildman–Crippen MR) is 163 cm³/mol. The van der Waals surface area contributed by atoms with Gasteiger partial charge in [0.15, 0.2) is 0 Å². The van der Waals surface area contributed by atoms with Gasteiger partial charge in [0, 0.05) is 18.7 Å². The Morgan fingerprint density at radius 1 is 0.976 bits per heavy atom. The molecule has 3 atom stereocenters. The summed E-state index contributed by atoms with van der Waals surface area (Å²) in [6, 6.07) is 16.3. The maximum absolute atomic E-state index is 12.5. The third-order valence-electron chi connectivity index (χ3n) is 7.17. The number of hydrogen-bond acceptors (Lipinski definition) is 6. The van der Waals surface area contributed by atoms with Gasteiger partial charge in [-0.15, -0.1) is 0 Å². The molecule has 2 aromatic rings. The zero-order valence-corrected chi connectivity index (χ0v) is 25.3. The van der Waals surface area contributed by atoms with E-state index in [1.807, 2.05) is 25.1 Å². The number of hydrogen-bond donors (Lipinski definition) is 5. The van der Waals surface area contributed by atoms with Crippen LogP contribution in [0.3, 0.4) is 0 Å². The van der Waals surface area contributed by atoms with Crippen molar-refractivity contribution in [1.82, 2.24) is 21.3 Å². The fraction of sp³-hybridized carbons (Fsp3) is 0.500. The molecule has 0 saturated carbocycles. The fourth-order valence-electron chi connectivity index (χ4n) is 4.37. The number of amidine groups is 1. The van der Waals surface area contributed by atoms with Crippen LogP contribution in [0.2, 0.25) is 0 Å². The molecule has 9 nitrogen and oxygen atoms in total. The molecule has 0 aliphatic heterocycles. The summed E-state index contributed by atoms with van der Waals surface area (Å²) in [5.74, 6) is -0.118. The molecule has 0 fully saturated rings. The van der Waals surface area contributed by atoms with E-state index in [9.17, 15) is 14.4 Å². The highest BCUT2D eigenvalue weighted by Gasteiger charge is 2.20. The Morgan fingerprint density at radius 3 is 2.27 bits per heavy atom. The van der Waals surface area contributed by atoms with E-state index in [1.165, 1.54) is 5.56 Å². The molecule has 0 aliphatic rings. The van der Waals surface area contributed by atoms with Crippen LogP contribution in [-0.4, -0.2) is 49.5 Å². The molecule has 0 aromatic heterocycles. The molecule has 9 heteroatoms. The highest BCUT2D eigenvalue weighted by molar-refractivity contribution is 6.04. The van der Waals surface area contributed by atoms with Crippen LogP contribution in [0.1, 0.15) is 77.0 Å².